The molecule has 4 nitrogen and oxygen atoms in total. The van der Waals surface area contributed by atoms with Crippen molar-refractivity contribution >= 4 is 9.84 Å². The molecule has 0 aliphatic carbocycles. The molecule has 0 amide bonds. The van der Waals surface area contributed by atoms with Crippen LogP contribution in [0, 0.1) is 5.92 Å². The van der Waals surface area contributed by atoms with Crippen LogP contribution in [0.1, 0.15) is 26.7 Å². The van der Waals surface area contributed by atoms with Gasteiger partial charge in [0.2, 0.25) is 0 Å². The summed E-state index contributed by atoms with van der Waals surface area (Å²) >= 11 is 0. The van der Waals surface area contributed by atoms with Crippen molar-refractivity contribution in [3.8, 4) is 5.75 Å². The predicted octanol–water partition coefficient (Wildman–Crippen LogP) is 3.14. The number of hydrogen-bond donors (Lipinski definition) is 1. The molecule has 0 radical (unpaired) electrons. The summed E-state index contributed by atoms with van der Waals surface area (Å²) in [5.74, 6) is -0.583. The van der Waals surface area contributed by atoms with Crippen molar-refractivity contribution in [2.24, 2.45) is 5.92 Å². The van der Waals surface area contributed by atoms with E-state index in [-0.39, 0.29) is 10.8 Å². The molecule has 0 atom stereocenters. The predicted molar refractivity (Wildman–Crippen MR) is 80.0 cm³/mol. The molecular formula is C15H20F3NO3S. The van der Waals surface area contributed by atoms with E-state index in [1.807, 2.05) is 0 Å². The molecule has 2 rings (SSSR count). The molecule has 23 heavy (non-hydrogen) atoms. The third-order valence-electron chi connectivity index (χ3n) is 4.36. The van der Waals surface area contributed by atoms with Crippen LogP contribution in [0.4, 0.5) is 13.2 Å². The summed E-state index contributed by atoms with van der Waals surface area (Å²) in [6.07, 6.45) is -3.43. The first-order chi connectivity index (χ1) is 10.5. The van der Waals surface area contributed by atoms with Crippen molar-refractivity contribution in [2.75, 3.05) is 13.1 Å². The van der Waals surface area contributed by atoms with E-state index in [0.29, 0.717) is 12.8 Å². The molecule has 8 heteroatoms. The zero-order chi connectivity index (χ0) is 17.3. The van der Waals surface area contributed by atoms with Gasteiger partial charge in [-0.05, 0) is 63.9 Å². The van der Waals surface area contributed by atoms with Crippen LogP contribution in [0.25, 0.3) is 0 Å². The van der Waals surface area contributed by atoms with Gasteiger partial charge in [0.05, 0.1) is 9.64 Å². The minimum Gasteiger partial charge on any atom is -0.406 e. The van der Waals surface area contributed by atoms with Crippen LogP contribution < -0.4 is 10.1 Å². The van der Waals surface area contributed by atoms with Gasteiger partial charge in [-0.3, -0.25) is 0 Å². The lowest BCUT2D eigenvalue weighted by atomic mass is 9.86. The highest BCUT2D eigenvalue weighted by molar-refractivity contribution is 7.92. The molecule has 0 aromatic heterocycles. The van der Waals surface area contributed by atoms with Crippen LogP contribution >= 0.6 is 0 Å². The largest absolute Gasteiger partial charge is 0.573 e. The number of piperidine rings is 1. The fourth-order valence-electron chi connectivity index (χ4n) is 2.88. The van der Waals surface area contributed by atoms with Gasteiger partial charge in [-0.1, -0.05) is 6.07 Å². The Bertz CT molecular complexity index is 650. The number of sulfone groups is 1. The van der Waals surface area contributed by atoms with E-state index in [4.69, 9.17) is 0 Å². The second-order valence-corrected chi connectivity index (χ2v) is 8.68. The molecule has 0 spiro atoms. The highest BCUT2D eigenvalue weighted by atomic mass is 32.2. The molecule has 0 unspecified atom stereocenters. The maximum absolute atomic E-state index is 12.9. The number of nitrogens with one attached hydrogen (secondary N) is 1. The first-order valence-electron chi connectivity index (χ1n) is 7.35. The molecule has 1 heterocycles. The van der Waals surface area contributed by atoms with Gasteiger partial charge < -0.3 is 10.1 Å². The standard InChI is InChI=1S/C15H20F3NO3S/c1-14(2,11-6-8-19-9-7-11)23(20,21)13-5-3-4-12(10-13)22-15(16,17)18/h3-5,10-11,19H,6-9H2,1-2H3. The van der Waals surface area contributed by atoms with Crippen LogP contribution in [0.5, 0.6) is 5.75 Å². The van der Waals surface area contributed by atoms with Crippen LogP contribution in [-0.4, -0.2) is 32.6 Å². The van der Waals surface area contributed by atoms with Gasteiger partial charge in [-0.25, -0.2) is 8.42 Å². The minimum atomic E-state index is -4.85. The van der Waals surface area contributed by atoms with Gasteiger partial charge in [0.15, 0.2) is 9.84 Å². The SMILES string of the molecule is CC(C)(C1CCNCC1)S(=O)(=O)c1cccc(OC(F)(F)F)c1. The first-order valence-corrected chi connectivity index (χ1v) is 8.83. The molecule has 1 N–H and O–H groups in total. The van der Waals surface area contributed by atoms with Gasteiger partial charge in [0, 0.05) is 0 Å². The lowest BCUT2D eigenvalue weighted by Gasteiger charge is -2.36. The molecule has 1 aliphatic rings. The van der Waals surface area contributed by atoms with Crippen molar-refractivity contribution in [3.63, 3.8) is 0 Å². The molecule has 1 fully saturated rings. The van der Waals surface area contributed by atoms with E-state index < -0.39 is 26.7 Å². The number of benzene rings is 1. The fraction of sp³-hybridized carbons (Fsp3) is 0.600. The van der Waals surface area contributed by atoms with Crippen LogP contribution in [-0.2, 0) is 9.84 Å². The second kappa shape index (κ2) is 6.32. The van der Waals surface area contributed by atoms with Gasteiger partial charge in [0.25, 0.3) is 0 Å². The normalized spacial score (nSPS) is 18.0. The molecule has 1 aromatic carbocycles. The summed E-state index contributed by atoms with van der Waals surface area (Å²) in [6.45, 7) is 4.74. The Morgan fingerprint density at radius 2 is 1.78 bits per heavy atom. The van der Waals surface area contributed by atoms with Gasteiger partial charge >= 0.3 is 6.36 Å². The summed E-state index contributed by atoms with van der Waals surface area (Å²) in [4.78, 5) is -0.150. The van der Waals surface area contributed by atoms with Crippen LogP contribution in [0.2, 0.25) is 0 Å². The van der Waals surface area contributed by atoms with Gasteiger partial charge in [-0.15, -0.1) is 13.2 Å². The topological polar surface area (TPSA) is 55.4 Å². The van der Waals surface area contributed by atoms with Gasteiger partial charge in [-0.2, -0.15) is 0 Å². The summed E-state index contributed by atoms with van der Waals surface area (Å²) in [5.41, 5.74) is 0. The molecular weight excluding hydrogens is 331 g/mol. The fourth-order valence-corrected chi connectivity index (χ4v) is 4.69. The molecule has 0 saturated carbocycles. The van der Waals surface area contributed by atoms with Crippen molar-refractivity contribution < 1.29 is 26.3 Å². The van der Waals surface area contributed by atoms with Crippen molar-refractivity contribution in [2.45, 2.75) is 42.7 Å². The molecule has 1 saturated heterocycles. The number of hydrogen-bond acceptors (Lipinski definition) is 4. The van der Waals surface area contributed by atoms with Crippen LogP contribution in [0.15, 0.2) is 29.2 Å². The number of halogens is 3. The molecule has 130 valence electrons. The quantitative estimate of drug-likeness (QED) is 0.905. The first kappa shape index (κ1) is 18.1. The lowest BCUT2D eigenvalue weighted by molar-refractivity contribution is -0.274. The van der Waals surface area contributed by atoms with Crippen molar-refractivity contribution in [1.29, 1.82) is 0 Å². The number of rotatable bonds is 4. The van der Waals surface area contributed by atoms with E-state index in [9.17, 15) is 21.6 Å². The van der Waals surface area contributed by atoms with E-state index in [1.165, 1.54) is 12.1 Å². The van der Waals surface area contributed by atoms with Gasteiger partial charge in [0.1, 0.15) is 5.75 Å². The third kappa shape index (κ3) is 3.98. The van der Waals surface area contributed by atoms with E-state index >= 15 is 0 Å². The Morgan fingerprint density at radius 3 is 2.35 bits per heavy atom. The maximum Gasteiger partial charge on any atom is 0.573 e. The van der Waals surface area contributed by atoms with E-state index in [1.54, 1.807) is 13.8 Å². The average Bonchev–Trinajstić information content (AvgIpc) is 2.46. The smallest absolute Gasteiger partial charge is 0.406 e. The lowest BCUT2D eigenvalue weighted by Crippen LogP contribution is -2.45. The zero-order valence-electron chi connectivity index (χ0n) is 13.0. The molecule has 1 aliphatic heterocycles. The maximum atomic E-state index is 12.9. The Morgan fingerprint density at radius 1 is 1.17 bits per heavy atom. The summed E-state index contributed by atoms with van der Waals surface area (Å²) < 4.78 is 65.5. The number of alkyl halides is 3. The minimum absolute atomic E-state index is 0.0547. The van der Waals surface area contributed by atoms with Crippen molar-refractivity contribution in [3.05, 3.63) is 24.3 Å². The van der Waals surface area contributed by atoms with Crippen LogP contribution in [0.3, 0.4) is 0 Å². The van der Waals surface area contributed by atoms with Crippen molar-refractivity contribution in [1.82, 2.24) is 5.32 Å². The Hall–Kier alpha value is -1.28. The zero-order valence-corrected chi connectivity index (χ0v) is 13.8. The highest BCUT2D eigenvalue weighted by Crippen LogP contribution is 2.37. The second-order valence-electron chi connectivity index (χ2n) is 6.15. The Labute approximate surface area is 133 Å². The summed E-state index contributed by atoms with van der Waals surface area (Å²) in [5, 5.41) is 3.17. The summed E-state index contributed by atoms with van der Waals surface area (Å²) in [7, 11) is -3.79. The number of ether oxygens (including phenoxy) is 1. The third-order valence-corrected chi connectivity index (χ3v) is 6.96. The Balaban J connectivity index is 2.33. The average molecular weight is 351 g/mol. The summed E-state index contributed by atoms with van der Waals surface area (Å²) in [6, 6.07) is 4.59. The van der Waals surface area contributed by atoms with E-state index in [2.05, 4.69) is 10.1 Å². The molecule has 0 bridgehead atoms. The highest BCUT2D eigenvalue weighted by Gasteiger charge is 2.43. The van der Waals surface area contributed by atoms with E-state index in [0.717, 1.165) is 25.2 Å². The molecule has 1 aromatic rings. The Kier molecular flexibility index (Phi) is 4.96. The monoisotopic (exact) mass is 351 g/mol.